The molecule has 2 atom stereocenters. The highest BCUT2D eigenvalue weighted by Crippen LogP contribution is 2.30. The second-order valence-electron chi connectivity index (χ2n) is 5.02. The molecule has 17 heavy (non-hydrogen) atoms. The molecule has 0 aromatic carbocycles. The molecule has 0 radical (unpaired) electrons. The lowest BCUT2D eigenvalue weighted by Crippen LogP contribution is -2.45. The van der Waals surface area contributed by atoms with Gasteiger partial charge in [0.25, 0.3) is 0 Å². The predicted octanol–water partition coefficient (Wildman–Crippen LogP) is 1.76. The standard InChI is InChI=1S/C13H20N2O2/c1-8(2)12(14)13(16)15-10-4-3-5-11-9(10)6-7-17-11/h6-8,10,12H,3-5,14H2,1-2H3,(H,15,16)/t10?,12-/m1/s1. The summed E-state index contributed by atoms with van der Waals surface area (Å²) in [6, 6.07) is 1.57. The molecule has 4 nitrogen and oxygen atoms in total. The third kappa shape index (κ3) is 2.52. The van der Waals surface area contributed by atoms with Crippen molar-refractivity contribution in [2.75, 3.05) is 0 Å². The van der Waals surface area contributed by atoms with Gasteiger partial charge in [0.2, 0.25) is 5.91 Å². The minimum atomic E-state index is -0.438. The molecule has 0 fully saturated rings. The van der Waals surface area contributed by atoms with E-state index in [0.717, 1.165) is 30.6 Å². The van der Waals surface area contributed by atoms with Crippen molar-refractivity contribution < 1.29 is 9.21 Å². The van der Waals surface area contributed by atoms with Crippen LogP contribution < -0.4 is 11.1 Å². The van der Waals surface area contributed by atoms with E-state index in [1.807, 2.05) is 19.9 Å². The van der Waals surface area contributed by atoms with E-state index in [2.05, 4.69) is 5.32 Å². The predicted molar refractivity (Wildman–Crippen MR) is 65.3 cm³/mol. The van der Waals surface area contributed by atoms with Crippen molar-refractivity contribution >= 4 is 5.91 Å². The van der Waals surface area contributed by atoms with Gasteiger partial charge in [-0.15, -0.1) is 0 Å². The van der Waals surface area contributed by atoms with Gasteiger partial charge >= 0.3 is 0 Å². The first-order valence-corrected chi connectivity index (χ1v) is 6.22. The first-order valence-electron chi connectivity index (χ1n) is 6.22. The number of carbonyl (C=O) groups excluding carboxylic acids is 1. The molecule has 1 aliphatic rings. The van der Waals surface area contributed by atoms with E-state index in [1.165, 1.54) is 0 Å². The molecular weight excluding hydrogens is 216 g/mol. The number of nitrogens with two attached hydrogens (primary N) is 1. The summed E-state index contributed by atoms with van der Waals surface area (Å²) in [5, 5.41) is 3.02. The Balaban J connectivity index is 2.04. The normalized spacial score (nSPS) is 21.1. The van der Waals surface area contributed by atoms with Crippen LogP contribution in [0.15, 0.2) is 16.7 Å². The molecule has 1 aromatic heterocycles. The van der Waals surface area contributed by atoms with Crippen molar-refractivity contribution in [2.45, 2.75) is 45.2 Å². The molecule has 1 amide bonds. The Kier molecular flexibility index (Phi) is 3.52. The van der Waals surface area contributed by atoms with Gasteiger partial charge < -0.3 is 15.5 Å². The Hall–Kier alpha value is -1.29. The van der Waals surface area contributed by atoms with Crippen molar-refractivity contribution in [3.63, 3.8) is 0 Å². The number of rotatable bonds is 3. The summed E-state index contributed by atoms with van der Waals surface area (Å²) < 4.78 is 5.39. The van der Waals surface area contributed by atoms with Crippen molar-refractivity contribution in [1.82, 2.24) is 5.32 Å². The number of fused-ring (bicyclic) bond motifs is 1. The fraction of sp³-hybridized carbons (Fsp3) is 0.615. The van der Waals surface area contributed by atoms with Gasteiger partial charge in [-0.05, 0) is 24.8 Å². The van der Waals surface area contributed by atoms with Gasteiger partial charge in [-0.25, -0.2) is 0 Å². The first-order chi connectivity index (χ1) is 8.09. The molecule has 0 saturated heterocycles. The summed E-state index contributed by atoms with van der Waals surface area (Å²) in [5.74, 6) is 1.08. The number of nitrogens with one attached hydrogen (secondary N) is 1. The maximum absolute atomic E-state index is 11.9. The van der Waals surface area contributed by atoms with Crippen LogP contribution in [-0.4, -0.2) is 11.9 Å². The van der Waals surface area contributed by atoms with E-state index < -0.39 is 6.04 Å². The van der Waals surface area contributed by atoms with E-state index in [1.54, 1.807) is 6.26 Å². The van der Waals surface area contributed by atoms with Crippen LogP contribution in [0.1, 0.15) is 44.1 Å². The minimum absolute atomic E-state index is 0.0646. The highest BCUT2D eigenvalue weighted by Gasteiger charge is 2.26. The van der Waals surface area contributed by atoms with Crippen molar-refractivity contribution in [3.8, 4) is 0 Å². The van der Waals surface area contributed by atoms with E-state index in [-0.39, 0.29) is 17.9 Å². The summed E-state index contributed by atoms with van der Waals surface area (Å²) in [7, 11) is 0. The highest BCUT2D eigenvalue weighted by atomic mass is 16.3. The Morgan fingerprint density at radius 3 is 3.06 bits per heavy atom. The molecule has 94 valence electrons. The van der Waals surface area contributed by atoms with Crippen LogP contribution in [0.4, 0.5) is 0 Å². The first kappa shape index (κ1) is 12.2. The van der Waals surface area contributed by atoms with Crippen molar-refractivity contribution in [2.24, 2.45) is 11.7 Å². The number of furan rings is 1. The van der Waals surface area contributed by atoms with E-state index in [9.17, 15) is 4.79 Å². The lowest BCUT2D eigenvalue weighted by atomic mass is 9.93. The monoisotopic (exact) mass is 236 g/mol. The average Bonchev–Trinajstić information content (AvgIpc) is 2.76. The number of carbonyl (C=O) groups is 1. The molecular formula is C13H20N2O2. The van der Waals surface area contributed by atoms with Gasteiger partial charge in [-0.3, -0.25) is 4.79 Å². The van der Waals surface area contributed by atoms with Gasteiger partial charge in [-0.1, -0.05) is 13.8 Å². The van der Waals surface area contributed by atoms with Crippen LogP contribution in [0.25, 0.3) is 0 Å². The summed E-state index contributed by atoms with van der Waals surface area (Å²) >= 11 is 0. The maximum atomic E-state index is 11.9. The molecule has 1 aliphatic carbocycles. The maximum Gasteiger partial charge on any atom is 0.237 e. The minimum Gasteiger partial charge on any atom is -0.469 e. The number of aryl methyl sites for hydroxylation is 1. The Bertz CT molecular complexity index is 398. The van der Waals surface area contributed by atoms with Crippen LogP contribution in [0.5, 0.6) is 0 Å². The van der Waals surface area contributed by atoms with Gasteiger partial charge in [0.1, 0.15) is 5.76 Å². The van der Waals surface area contributed by atoms with Gasteiger partial charge in [0, 0.05) is 12.0 Å². The molecule has 2 rings (SSSR count). The molecule has 0 bridgehead atoms. The second-order valence-corrected chi connectivity index (χ2v) is 5.02. The summed E-state index contributed by atoms with van der Waals surface area (Å²) in [6.07, 6.45) is 4.66. The number of hydrogen-bond donors (Lipinski definition) is 2. The molecule has 1 aromatic rings. The van der Waals surface area contributed by atoms with Gasteiger partial charge in [-0.2, -0.15) is 0 Å². The topological polar surface area (TPSA) is 68.3 Å². The van der Waals surface area contributed by atoms with Crippen LogP contribution in [0.2, 0.25) is 0 Å². The van der Waals surface area contributed by atoms with E-state index in [4.69, 9.17) is 10.2 Å². The van der Waals surface area contributed by atoms with Crippen molar-refractivity contribution in [3.05, 3.63) is 23.7 Å². The Morgan fingerprint density at radius 1 is 1.59 bits per heavy atom. The van der Waals surface area contributed by atoms with Crippen molar-refractivity contribution in [1.29, 1.82) is 0 Å². The van der Waals surface area contributed by atoms with Crippen LogP contribution in [-0.2, 0) is 11.2 Å². The summed E-state index contributed by atoms with van der Waals surface area (Å²) in [6.45, 7) is 3.91. The summed E-state index contributed by atoms with van der Waals surface area (Å²) in [5.41, 5.74) is 6.95. The fourth-order valence-corrected chi connectivity index (χ4v) is 2.21. The fourth-order valence-electron chi connectivity index (χ4n) is 2.21. The SMILES string of the molecule is CC(C)[C@@H](N)C(=O)NC1CCCc2occc21. The van der Waals surface area contributed by atoms with Crippen LogP contribution in [0, 0.1) is 5.92 Å². The smallest absolute Gasteiger partial charge is 0.237 e. The summed E-state index contributed by atoms with van der Waals surface area (Å²) in [4.78, 5) is 11.9. The largest absolute Gasteiger partial charge is 0.469 e. The van der Waals surface area contributed by atoms with Crippen LogP contribution >= 0.6 is 0 Å². The highest BCUT2D eigenvalue weighted by molar-refractivity contribution is 5.82. The van der Waals surface area contributed by atoms with Gasteiger partial charge in [0.15, 0.2) is 0 Å². The Morgan fingerprint density at radius 2 is 2.35 bits per heavy atom. The molecule has 1 unspecified atom stereocenters. The third-order valence-electron chi connectivity index (χ3n) is 3.39. The Labute approximate surface area is 102 Å². The zero-order valence-electron chi connectivity index (χ0n) is 10.4. The van der Waals surface area contributed by atoms with E-state index >= 15 is 0 Å². The quantitative estimate of drug-likeness (QED) is 0.840. The second kappa shape index (κ2) is 4.92. The number of hydrogen-bond acceptors (Lipinski definition) is 3. The lowest BCUT2D eigenvalue weighted by molar-refractivity contribution is -0.124. The zero-order valence-corrected chi connectivity index (χ0v) is 10.4. The molecule has 4 heteroatoms. The molecule has 3 N–H and O–H groups in total. The molecule has 1 heterocycles. The molecule has 0 spiro atoms. The third-order valence-corrected chi connectivity index (χ3v) is 3.39. The molecule has 0 saturated carbocycles. The lowest BCUT2D eigenvalue weighted by Gasteiger charge is -2.25. The zero-order chi connectivity index (χ0) is 12.4. The van der Waals surface area contributed by atoms with E-state index in [0.29, 0.717) is 0 Å². The average molecular weight is 236 g/mol. The van der Waals surface area contributed by atoms with Crippen LogP contribution in [0.3, 0.4) is 0 Å². The molecule has 0 aliphatic heterocycles. The van der Waals surface area contributed by atoms with Gasteiger partial charge in [0.05, 0.1) is 18.3 Å². The number of amides is 1.